The van der Waals surface area contributed by atoms with E-state index in [1.54, 1.807) is 60.7 Å². The van der Waals surface area contributed by atoms with Gasteiger partial charge in [-0.05, 0) is 78.3 Å². The van der Waals surface area contributed by atoms with Gasteiger partial charge in [-0.25, -0.2) is 13.2 Å². The fraction of sp³-hybridized carbons (Fsp3) is 0.265. The van der Waals surface area contributed by atoms with Gasteiger partial charge in [0.05, 0.1) is 10.5 Å². The number of fused-ring (bicyclic) bond motifs is 1. The molecule has 1 fully saturated rings. The second-order valence-corrected chi connectivity index (χ2v) is 17.3. The number of carbonyl (C=O) groups excluding carboxylic acids is 2. The first-order chi connectivity index (χ1) is 28.6. The first-order valence-electron chi connectivity index (χ1n) is 20.2. The zero-order valence-electron chi connectivity index (χ0n) is 33.8. The van der Waals surface area contributed by atoms with Crippen LogP contribution in [0.2, 0.25) is 0 Å². The van der Waals surface area contributed by atoms with Crippen molar-refractivity contribution in [3.8, 4) is 5.75 Å². The Labute approximate surface area is 347 Å². The van der Waals surface area contributed by atoms with Gasteiger partial charge >= 0.3 is 5.97 Å². The monoisotopic (exact) mass is 809 g/mol. The molecule has 0 aromatic heterocycles. The topological polar surface area (TPSA) is 105 Å². The maximum absolute atomic E-state index is 14.7. The van der Waals surface area contributed by atoms with E-state index >= 15 is 0 Å². The molecule has 7 rings (SSSR count). The quantitative estimate of drug-likeness (QED) is 0.103. The minimum Gasteiger partial charge on any atom is -0.488 e. The lowest BCUT2D eigenvalue weighted by atomic mass is 9.84. The molecule has 0 bridgehead atoms. The van der Waals surface area contributed by atoms with Crippen LogP contribution in [0.5, 0.6) is 5.75 Å². The van der Waals surface area contributed by atoms with Gasteiger partial charge in [0.1, 0.15) is 25.0 Å². The van der Waals surface area contributed by atoms with E-state index in [4.69, 9.17) is 9.47 Å². The number of ether oxygens (including phenoxy) is 2. The second-order valence-electron chi connectivity index (χ2n) is 15.4. The average Bonchev–Trinajstić information content (AvgIpc) is 3.27. The molecule has 1 atom stereocenters. The van der Waals surface area contributed by atoms with Crippen LogP contribution in [0.3, 0.4) is 0 Å². The van der Waals surface area contributed by atoms with E-state index in [2.05, 4.69) is 17.4 Å². The summed E-state index contributed by atoms with van der Waals surface area (Å²) in [5.41, 5.74) is 5.38. The highest BCUT2D eigenvalue weighted by atomic mass is 32.2. The Bertz CT molecular complexity index is 2490. The lowest BCUT2D eigenvalue weighted by molar-refractivity contribution is -0.119. The lowest BCUT2D eigenvalue weighted by Crippen LogP contribution is -2.46. The van der Waals surface area contributed by atoms with E-state index in [0.717, 1.165) is 35.0 Å². The average molecular weight is 810 g/mol. The molecule has 0 heterocycles. The number of esters is 1. The van der Waals surface area contributed by atoms with Crippen LogP contribution in [0, 0.1) is 0 Å². The molecule has 0 aliphatic heterocycles. The Kier molecular flexibility index (Phi) is 13.1. The summed E-state index contributed by atoms with van der Waals surface area (Å²) in [7, 11) is 1.11. The van der Waals surface area contributed by atoms with Gasteiger partial charge < -0.3 is 19.7 Å². The Morgan fingerprint density at radius 2 is 1.39 bits per heavy atom. The maximum atomic E-state index is 14.7. The summed E-state index contributed by atoms with van der Waals surface area (Å²) >= 11 is 0. The standard InChI is InChI=1S/C49H51N3O6S/c1-51(2)44-23-13-22-43-42(44)21-14-24-47(43)59(55,56)52(3)45(31-35-25-27-38(28-26-35)37-17-9-5-10-18-37)48(53)50-41-30-29-40(34-58-49(54)39-19-11-6-12-20-39)46(32-41)57-33-36-15-7-4-8-16-36/h4,6-8,11-16,19-30,32,37,45H,5,9-10,17-18,31,33-34H2,1-3H3,(H,50,53). The number of hydrogen-bond donors (Lipinski definition) is 1. The molecule has 1 N–H and O–H groups in total. The molecule has 6 aromatic carbocycles. The van der Waals surface area contributed by atoms with E-state index in [9.17, 15) is 18.0 Å². The smallest absolute Gasteiger partial charge is 0.338 e. The Morgan fingerprint density at radius 3 is 2.10 bits per heavy atom. The van der Waals surface area contributed by atoms with Crippen molar-refractivity contribution in [3.05, 3.63) is 167 Å². The highest BCUT2D eigenvalue weighted by Crippen LogP contribution is 2.35. The Balaban J connectivity index is 1.19. The number of nitrogens with zero attached hydrogens (tertiary/aromatic N) is 2. The lowest BCUT2D eigenvalue weighted by Gasteiger charge is -2.28. The molecule has 1 aliphatic rings. The predicted octanol–water partition coefficient (Wildman–Crippen LogP) is 9.76. The largest absolute Gasteiger partial charge is 0.488 e. The third-order valence-electron chi connectivity index (χ3n) is 11.2. The maximum Gasteiger partial charge on any atom is 0.338 e. The number of benzene rings is 6. The molecule has 1 saturated carbocycles. The van der Waals surface area contributed by atoms with Gasteiger partial charge in [-0.1, -0.05) is 116 Å². The molecule has 0 saturated heterocycles. The summed E-state index contributed by atoms with van der Waals surface area (Å²) < 4.78 is 42.5. The van der Waals surface area contributed by atoms with Crippen LogP contribution in [0.1, 0.15) is 70.6 Å². The zero-order chi connectivity index (χ0) is 41.4. The number of likely N-dealkylation sites (N-methyl/N-ethyl adjacent to an activating group) is 1. The van der Waals surface area contributed by atoms with Gasteiger partial charge in [0.2, 0.25) is 15.9 Å². The number of amides is 1. The first-order valence-corrected chi connectivity index (χ1v) is 21.6. The van der Waals surface area contributed by atoms with Crippen LogP contribution in [0.25, 0.3) is 10.8 Å². The fourth-order valence-corrected chi connectivity index (χ4v) is 9.34. The van der Waals surface area contributed by atoms with Crippen molar-refractivity contribution in [1.29, 1.82) is 0 Å². The molecule has 9 nitrogen and oxygen atoms in total. The van der Waals surface area contributed by atoms with Gasteiger partial charge in [0.25, 0.3) is 0 Å². The normalized spacial score (nSPS) is 13.8. The predicted molar refractivity (Wildman–Crippen MR) is 234 cm³/mol. The molecule has 59 heavy (non-hydrogen) atoms. The number of carbonyl (C=O) groups is 2. The molecule has 10 heteroatoms. The van der Waals surface area contributed by atoms with E-state index in [1.165, 1.54) is 36.2 Å². The van der Waals surface area contributed by atoms with Crippen LogP contribution in [-0.2, 0) is 39.2 Å². The third-order valence-corrected chi connectivity index (χ3v) is 13.1. The highest BCUT2D eigenvalue weighted by Gasteiger charge is 2.34. The van der Waals surface area contributed by atoms with Gasteiger partial charge in [-0.3, -0.25) is 4.79 Å². The molecular weight excluding hydrogens is 759 g/mol. The van der Waals surface area contributed by atoms with Crippen molar-refractivity contribution >= 4 is 44.0 Å². The zero-order valence-corrected chi connectivity index (χ0v) is 34.7. The fourth-order valence-electron chi connectivity index (χ4n) is 7.82. The van der Waals surface area contributed by atoms with Gasteiger partial charge in [0.15, 0.2) is 0 Å². The van der Waals surface area contributed by atoms with E-state index in [0.29, 0.717) is 33.9 Å². The number of rotatable bonds is 15. The van der Waals surface area contributed by atoms with Crippen LogP contribution < -0.4 is 15.0 Å². The third kappa shape index (κ3) is 9.84. The van der Waals surface area contributed by atoms with Gasteiger partial charge in [-0.15, -0.1) is 0 Å². The van der Waals surface area contributed by atoms with Gasteiger partial charge in [-0.2, -0.15) is 4.31 Å². The van der Waals surface area contributed by atoms with Crippen molar-refractivity contribution in [2.24, 2.45) is 0 Å². The number of hydrogen-bond acceptors (Lipinski definition) is 7. The molecule has 1 aliphatic carbocycles. The van der Waals surface area contributed by atoms with Crippen molar-refractivity contribution < 1.29 is 27.5 Å². The van der Waals surface area contributed by atoms with Crippen LogP contribution in [0.4, 0.5) is 11.4 Å². The Hall–Kier alpha value is -5.97. The van der Waals surface area contributed by atoms with Crippen molar-refractivity contribution in [1.82, 2.24) is 4.31 Å². The van der Waals surface area contributed by atoms with E-state index in [-0.39, 0.29) is 24.5 Å². The highest BCUT2D eigenvalue weighted by molar-refractivity contribution is 7.89. The first kappa shape index (κ1) is 41.2. The Morgan fingerprint density at radius 1 is 0.712 bits per heavy atom. The molecular formula is C49H51N3O6S. The van der Waals surface area contributed by atoms with Crippen LogP contribution in [0.15, 0.2) is 144 Å². The number of anilines is 2. The van der Waals surface area contributed by atoms with E-state index in [1.807, 2.05) is 85.7 Å². The van der Waals surface area contributed by atoms with E-state index < -0.39 is 27.9 Å². The van der Waals surface area contributed by atoms with Crippen molar-refractivity contribution in [3.63, 3.8) is 0 Å². The number of nitrogens with one attached hydrogen (secondary N) is 1. The van der Waals surface area contributed by atoms with Crippen molar-refractivity contribution in [2.45, 2.75) is 68.6 Å². The summed E-state index contributed by atoms with van der Waals surface area (Å²) in [4.78, 5) is 29.5. The van der Waals surface area contributed by atoms with Crippen molar-refractivity contribution in [2.75, 3.05) is 31.4 Å². The SMILES string of the molecule is CN(C)c1cccc2c(S(=O)(=O)N(C)C(Cc3ccc(C4CCCCC4)cc3)C(=O)Nc3ccc(COC(=O)c4ccccc4)c(OCc4ccccc4)c3)cccc12. The van der Waals surface area contributed by atoms with Gasteiger partial charge in [0, 0.05) is 54.9 Å². The summed E-state index contributed by atoms with van der Waals surface area (Å²) in [6.45, 7) is 0.173. The summed E-state index contributed by atoms with van der Waals surface area (Å²) in [5, 5.41) is 4.38. The summed E-state index contributed by atoms with van der Waals surface area (Å²) in [5.74, 6) is -0.0452. The van der Waals surface area contributed by atoms with Crippen LogP contribution >= 0.6 is 0 Å². The number of sulfonamides is 1. The minimum absolute atomic E-state index is 0.0624. The molecule has 6 aromatic rings. The molecule has 0 spiro atoms. The second kappa shape index (κ2) is 18.7. The molecule has 1 unspecified atom stereocenters. The van der Waals surface area contributed by atoms with Crippen LogP contribution in [-0.4, -0.2) is 51.8 Å². The molecule has 0 radical (unpaired) electrons. The summed E-state index contributed by atoms with van der Waals surface area (Å²) in [6.07, 6.45) is 6.19. The minimum atomic E-state index is -4.20. The summed E-state index contributed by atoms with van der Waals surface area (Å²) in [6, 6.07) is 41.6. The molecule has 304 valence electrons. The molecule has 1 amide bonds.